The van der Waals surface area contributed by atoms with E-state index >= 15 is 0 Å². The Labute approximate surface area is 262 Å². The number of nitrogens with zero attached hydrogens (tertiary/aromatic N) is 4. The van der Waals surface area contributed by atoms with E-state index < -0.39 is 0 Å². The average Bonchev–Trinajstić information content (AvgIpc) is 3.55. The molecule has 1 aliphatic rings. The summed E-state index contributed by atoms with van der Waals surface area (Å²) in [6.07, 6.45) is 1.82. The van der Waals surface area contributed by atoms with Gasteiger partial charge in [0.15, 0.2) is 11.6 Å². The van der Waals surface area contributed by atoms with Gasteiger partial charge in [-0.15, -0.1) is 0 Å². The molecule has 0 amide bonds. The molecule has 3 heterocycles. The molecule has 7 aromatic rings. The Morgan fingerprint density at radius 3 is 1.58 bits per heavy atom. The highest BCUT2D eigenvalue weighted by Crippen LogP contribution is 2.54. The smallest absolute Gasteiger partial charge is 0.181 e. The van der Waals surface area contributed by atoms with Crippen molar-refractivity contribution in [2.24, 2.45) is 0 Å². The van der Waals surface area contributed by atoms with E-state index in [4.69, 9.17) is 19.8 Å². The van der Waals surface area contributed by atoms with Crippen LogP contribution in [0.5, 0.6) is 11.5 Å². The Balaban J connectivity index is 1.50. The molecule has 0 fully saturated rings. The van der Waals surface area contributed by atoms with Crippen molar-refractivity contribution in [2.45, 2.75) is 17.9 Å². The van der Waals surface area contributed by atoms with E-state index in [1.54, 1.807) is 0 Å². The summed E-state index contributed by atoms with van der Waals surface area (Å²) in [5.41, 5.74) is 6.24. The predicted octanol–water partition coefficient (Wildman–Crippen LogP) is 9.32. The summed E-state index contributed by atoms with van der Waals surface area (Å²) in [4.78, 5) is 10.00. The van der Waals surface area contributed by atoms with Gasteiger partial charge in [-0.1, -0.05) is 133 Å². The van der Waals surface area contributed by atoms with Crippen molar-refractivity contribution in [3.05, 3.63) is 186 Å². The number of para-hydroxylation sites is 2. The molecule has 5 heteroatoms. The summed E-state index contributed by atoms with van der Waals surface area (Å²) in [6, 6.07) is 54.0. The third-order valence-corrected chi connectivity index (χ3v) is 8.57. The molecule has 0 N–H and O–H groups in total. The van der Waals surface area contributed by atoms with Gasteiger partial charge in [0, 0.05) is 34.7 Å². The van der Waals surface area contributed by atoms with Crippen LogP contribution in [0.4, 0.5) is 0 Å². The van der Waals surface area contributed by atoms with E-state index in [-0.39, 0.29) is 17.9 Å². The van der Waals surface area contributed by atoms with Crippen LogP contribution in [-0.2, 0) is 0 Å². The standard InChI is InChI=1S/C40H30N4O/c1-4-16-28(17-5-1)36-31-22-10-12-25-34(31)45-35-26-13-11-23-32(35)37(29-18-6-2-7-19-29)38(36)44-40(33-24-14-15-27-41-33)42-39(43-44)30-20-8-3-9-21-30/h1-27,36-38H. The van der Waals surface area contributed by atoms with Crippen LogP contribution in [0.25, 0.3) is 22.9 Å². The molecule has 5 nitrogen and oxygen atoms in total. The lowest BCUT2D eigenvalue weighted by molar-refractivity contribution is 0.346. The molecule has 2 aromatic heterocycles. The van der Waals surface area contributed by atoms with E-state index in [2.05, 4.69) is 114 Å². The van der Waals surface area contributed by atoms with Gasteiger partial charge in [0.05, 0.1) is 6.04 Å². The van der Waals surface area contributed by atoms with E-state index in [0.717, 1.165) is 39.7 Å². The summed E-state index contributed by atoms with van der Waals surface area (Å²) in [6.45, 7) is 0. The predicted molar refractivity (Wildman–Crippen MR) is 177 cm³/mol. The first kappa shape index (κ1) is 26.8. The van der Waals surface area contributed by atoms with Gasteiger partial charge in [-0.25, -0.2) is 9.67 Å². The molecule has 2 unspecified atom stereocenters. The van der Waals surface area contributed by atoms with Gasteiger partial charge in [-0.2, -0.15) is 5.10 Å². The molecular formula is C40H30N4O. The van der Waals surface area contributed by atoms with Crippen LogP contribution in [0.1, 0.15) is 40.1 Å². The third-order valence-electron chi connectivity index (χ3n) is 8.57. The fourth-order valence-electron chi connectivity index (χ4n) is 6.61. The highest BCUT2D eigenvalue weighted by Gasteiger charge is 2.42. The lowest BCUT2D eigenvalue weighted by atomic mass is 9.73. The number of fused-ring (bicyclic) bond motifs is 2. The van der Waals surface area contributed by atoms with Crippen LogP contribution in [0.2, 0.25) is 0 Å². The number of hydrogen-bond donors (Lipinski definition) is 0. The first-order valence-corrected chi connectivity index (χ1v) is 15.2. The van der Waals surface area contributed by atoms with Crippen LogP contribution in [-0.4, -0.2) is 19.7 Å². The summed E-state index contributed by atoms with van der Waals surface area (Å²) in [5.74, 6) is 2.76. The second kappa shape index (κ2) is 11.7. The second-order valence-electron chi connectivity index (χ2n) is 11.2. The highest BCUT2D eigenvalue weighted by molar-refractivity contribution is 5.61. The number of rotatable bonds is 5. The normalized spacial score (nSPS) is 17.3. The Bertz CT molecular complexity index is 1950. The first-order chi connectivity index (χ1) is 22.3. The van der Waals surface area contributed by atoms with Gasteiger partial charge < -0.3 is 4.74 Å². The van der Waals surface area contributed by atoms with Crippen molar-refractivity contribution in [2.75, 3.05) is 0 Å². The second-order valence-corrected chi connectivity index (χ2v) is 11.2. The van der Waals surface area contributed by atoms with Gasteiger partial charge in [0.1, 0.15) is 17.2 Å². The molecule has 2 atom stereocenters. The average molecular weight is 583 g/mol. The Morgan fingerprint density at radius 1 is 0.511 bits per heavy atom. The van der Waals surface area contributed by atoms with Crippen molar-refractivity contribution < 1.29 is 4.74 Å². The van der Waals surface area contributed by atoms with Crippen LogP contribution < -0.4 is 4.74 Å². The van der Waals surface area contributed by atoms with Crippen LogP contribution in [0, 0.1) is 0 Å². The number of benzene rings is 5. The zero-order chi connectivity index (χ0) is 30.0. The van der Waals surface area contributed by atoms with Crippen LogP contribution >= 0.6 is 0 Å². The summed E-state index contributed by atoms with van der Waals surface area (Å²) in [7, 11) is 0. The fourth-order valence-corrected chi connectivity index (χ4v) is 6.61. The Morgan fingerprint density at radius 2 is 1.02 bits per heavy atom. The molecule has 0 bridgehead atoms. The summed E-state index contributed by atoms with van der Waals surface area (Å²) < 4.78 is 8.94. The molecule has 0 radical (unpaired) electrons. The topological polar surface area (TPSA) is 52.8 Å². The molecule has 216 valence electrons. The zero-order valence-electron chi connectivity index (χ0n) is 24.5. The largest absolute Gasteiger partial charge is 0.457 e. The van der Waals surface area contributed by atoms with Crippen LogP contribution in [0.3, 0.4) is 0 Å². The molecule has 0 saturated heterocycles. The minimum absolute atomic E-state index is 0.145. The zero-order valence-corrected chi connectivity index (χ0v) is 24.5. The SMILES string of the molecule is c1ccc(-c2nc(-c3ccccn3)n(C3C(c4ccccc4)c4ccccc4Oc4ccccc4C3c3ccccc3)n2)cc1. The quantitative estimate of drug-likeness (QED) is 0.203. The van der Waals surface area contributed by atoms with Gasteiger partial charge in [0.2, 0.25) is 0 Å². The van der Waals surface area contributed by atoms with Gasteiger partial charge in [-0.3, -0.25) is 4.98 Å². The van der Waals surface area contributed by atoms with Crippen LogP contribution in [0.15, 0.2) is 164 Å². The fraction of sp³-hybridized carbons (Fsp3) is 0.0750. The molecular weight excluding hydrogens is 552 g/mol. The molecule has 0 spiro atoms. The molecule has 1 aliphatic heterocycles. The summed E-state index contributed by atoms with van der Waals surface area (Å²) >= 11 is 0. The Kier molecular flexibility index (Phi) is 6.97. The minimum atomic E-state index is -0.247. The number of ether oxygens (including phenoxy) is 1. The number of hydrogen-bond acceptors (Lipinski definition) is 4. The van der Waals surface area contributed by atoms with Crippen molar-refractivity contribution in [1.82, 2.24) is 19.7 Å². The maximum absolute atomic E-state index is 6.80. The molecule has 0 saturated carbocycles. The first-order valence-electron chi connectivity index (χ1n) is 15.2. The Hall–Kier alpha value is -5.81. The number of aromatic nitrogens is 4. The van der Waals surface area contributed by atoms with E-state index in [9.17, 15) is 0 Å². The molecule has 0 aliphatic carbocycles. The third kappa shape index (κ3) is 4.98. The number of pyridine rings is 1. The minimum Gasteiger partial charge on any atom is -0.457 e. The lowest BCUT2D eigenvalue weighted by Gasteiger charge is -2.38. The van der Waals surface area contributed by atoms with E-state index in [1.165, 1.54) is 11.1 Å². The lowest BCUT2D eigenvalue weighted by Crippen LogP contribution is -2.30. The molecule has 5 aromatic carbocycles. The van der Waals surface area contributed by atoms with Crippen molar-refractivity contribution in [3.8, 4) is 34.4 Å². The molecule has 45 heavy (non-hydrogen) atoms. The monoisotopic (exact) mass is 582 g/mol. The van der Waals surface area contributed by atoms with E-state index in [0.29, 0.717) is 5.82 Å². The molecule has 8 rings (SSSR count). The van der Waals surface area contributed by atoms with E-state index in [1.807, 2.05) is 54.7 Å². The van der Waals surface area contributed by atoms with Gasteiger partial charge in [-0.05, 0) is 35.4 Å². The maximum Gasteiger partial charge on any atom is 0.181 e. The highest BCUT2D eigenvalue weighted by atomic mass is 16.5. The van der Waals surface area contributed by atoms with Gasteiger partial charge in [0.25, 0.3) is 0 Å². The summed E-state index contributed by atoms with van der Waals surface area (Å²) in [5, 5.41) is 5.37. The van der Waals surface area contributed by atoms with Crippen molar-refractivity contribution >= 4 is 0 Å². The maximum atomic E-state index is 6.80. The van der Waals surface area contributed by atoms with Crippen molar-refractivity contribution in [3.63, 3.8) is 0 Å². The van der Waals surface area contributed by atoms with Gasteiger partial charge >= 0.3 is 0 Å². The van der Waals surface area contributed by atoms with Crippen molar-refractivity contribution in [1.29, 1.82) is 0 Å².